The number of nitrogens with one attached hydrogen (secondary N) is 1. The Morgan fingerprint density at radius 3 is 2.00 bits per heavy atom. The van der Waals surface area contributed by atoms with E-state index in [1.165, 1.54) is 0 Å². The van der Waals surface area contributed by atoms with E-state index >= 15 is 0 Å². The Hall–Kier alpha value is -0.0800. The molecule has 0 saturated carbocycles. The first kappa shape index (κ1) is 7.03. The molecule has 9 heavy (non-hydrogen) atoms. The summed E-state index contributed by atoms with van der Waals surface area (Å²) in [4.78, 5) is 0. The highest BCUT2D eigenvalue weighted by molar-refractivity contribution is 4.88. The molecule has 1 heterocycles. The highest BCUT2D eigenvalue weighted by Gasteiger charge is 2.35. The van der Waals surface area contributed by atoms with Gasteiger partial charge in [-0.15, -0.1) is 0 Å². The molecule has 1 saturated heterocycles. The Morgan fingerprint density at radius 2 is 1.89 bits per heavy atom. The molecule has 2 heteroatoms. The highest BCUT2D eigenvalue weighted by Crippen LogP contribution is 2.22. The zero-order valence-electron chi connectivity index (χ0n) is 6.56. The second kappa shape index (κ2) is 1.96. The van der Waals surface area contributed by atoms with Crippen molar-refractivity contribution in [2.45, 2.75) is 45.6 Å². The van der Waals surface area contributed by atoms with Crippen LogP contribution in [0, 0.1) is 0 Å². The third kappa shape index (κ3) is 1.25. The van der Waals surface area contributed by atoms with Gasteiger partial charge in [-0.3, -0.25) is 5.32 Å². The maximum atomic E-state index is 5.55. The quantitative estimate of drug-likeness (QED) is 0.529. The van der Waals surface area contributed by atoms with Gasteiger partial charge in [0.1, 0.15) is 6.23 Å². The highest BCUT2D eigenvalue weighted by atomic mass is 16.5. The molecular formula is C7H15NO. The van der Waals surface area contributed by atoms with Crippen LogP contribution in [0.15, 0.2) is 0 Å². The maximum absolute atomic E-state index is 5.55. The molecule has 1 rings (SSSR count). The van der Waals surface area contributed by atoms with Crippen molar-refractivity contribution >= 4 is 0 Å². The SMILES string of the molecule is CC1N[C@@H](C)C(C)(C)O1. The third-order valence-electron chi connectivity index (χ3n) is 2.01. The predicted molar refractivity (Wildman–Crippen MR) is 37.2 cm³/mol. The summed E-state index contributed by atoms with van der Waals surface area (Å²) in [6.45, 7) is 8.39. The molecule has 54 valence electrons. The smallest absolute Gasteiger partial charge is 0.106 e. The molecule has 1 fully saturated rings. The van der Waals surface area contributed by atoms with E-state index < -0.39 is 0 Å². The summed E-state index contributed by atoms with van der Waals surface area (Å²) >= 11 is 0. The molecule has 1 N–H and O–H groups in total. The van der Waals surface area contributed by atoms with Gasteiger partial charge in [0, 0.05) is 6.04 Å². The van der Waals surface area contributed by atoms with Crippen LogP contribution in [0.25, 0.3) is 0 Å². The van der Waals surface area contributed by atoms with Crippen LogP contribution in [-0.4, -0.2) is 17.9 Å². The van der Waals surface area contributed by atoms with Gasteiger partial charge in [-0.25, -0.2) is 0 Å². The monoisotopic (exact) mass is 129 g/mol. The fourth-order valence-corrected chi connectivity index (χ4v) is 1.14. The van der Waals surface area contributed by atoms with Crippen molar-refractivity contribution in [1.29, 1.82) is 0 Å². The zero-order valence-corrected chi connectivity index (χ0v) is 6.56. The number of ether oxygens (including phenoxy) is 1. The van der Waals surface area contributed by atoms with Gasteiger partial charge in [0.25, 0.3) is 0 Å². The summed E-state index contributed by atoms with van der Waals surface area (Å²) in [7, 11) is 0. The van der Waals surface area contributed by atoms with Crippen LogP contribution >= 0.6 is 0 Å². The molecule has 0 aromatic rings. The van der Waals surface area contributed by atoms with Gasteiger partial charge in [0.2, 0.25) is 0 Å². The van der Waals surface area contributed by atoms with E-state index in [9.17, 15) is 0 Å². The molecule has 0 spiro atoms. The molecule has 1 aliphatic heterocycles. The lowest BCUT2D eigenvalue weighted by Gasteiger charge is -2.20. The van der Waals surface area contributed by atoms with Crippen molar-refractivity contribution in [1.82, 2.24) is 5.32 Å². The van der Waals surface area contributed by atoms with Crippen molar-refractivity contribution in [3.63, 3.8) is 0 Å². The molecule has 0 bridgehead atoms. The fraction of sp³-hybridized carbons (Fsp3) is 1.00. The Balaban J connectivity index is 2.58. The van der Waals surface area contributed by atoms with Crippen LogP contribution in [0.4, 0.5) is 0 Å². The van der Waals surface area contributed by atoms with E-state index in [2.05, 4.69) is 26.1 Å². The van der Waals surface area contributed by atoms with E-state index in [0.29, 0.717) is 6.04 Å². The standard InChI is InChI=1S/C7H15NO/c1-5-7(3,4)9-6(2)8-5/h5-6,8H,1-4H3/t5-,6?/m0/s1. The summed E-state index contributed by atoms with van der Waals surface area (Å²) in [6.07, 6.45) is 0.218. The minimum Gasteiger partial charge on any atom is -0.356 e. The zero-order chi connectivity index (χ0) is 7.07. The van der Waals surface area contributed by atoms with Crippen molar-refractivity contribution < 1.29 is 4.74 Å². The largest absolute Gasteiger partial charge is 0.356 e. The summed E-state index contributed by atoms with van der Waals surface area (Å²) in [5.74, 6) is 0. The molecule has 0 amide bonds. The molecule has 0 aromatic carbocycles. The first-order chi connectivity index (χ1) is 4.02. The van der Waals surface area contributed by atoms with Gasteiger partial charge in [0.05, 0.1) is 5.60 Å². The van der Waals surface area contributed by atoms with Crippen molar-refractivity contribution in [2.24, 2.45) is 0 Å². The van der Waals surface area contributed by atoms with Gasteiger partial charge in [-0.2, -0.15) is 0 Å². The lowest BCUT2D eigenvalue weighted by Crippen LogP contribution is -2.35. The molecule has 1 unspecified atom stereocenters. The fourth-order valence-electron chi connectivity index (χ4n) is 1.14. The average molecular weight is 129 g/mol. The minimum absolute atomic E-state index is 0.0133. The van der Waals surface area contributed by atoms with E-state index in [0.717, 1.165) is 0 Å². The van der Waals surface area contributed by atoms with Gasteiger partial charge in [-0.1, -0.05) is 0 Å². The molecule has 0 radical (unpaired) electrons. The lowest BCUT2D eigenvalue weighted by atomic mass is 10.0. The van der Waals surface area contributed by atoms with E-state index in [1.807, 2.05) is 6.92 Å². The maximum Gasteiger partial charge on any atom is 0.106 e. The second-order valence-corrected chi connectivity index (χ2v) is 3.25. The van der Waals surface area contributed by atoms with Crippen LogP contribution in [0.1, 0.15) is 27.7 Å². The Labute approximate surface area is 56.6 Å². The van der Waals surface area contributed by atoms with Crippen LogP contribution in [0.5, 0.6) is 0 Å². The number of hydrogen-bond acceptors (Lipinski definition) is 2. The topological polar surface area (TPSA) is 21.3 Å². The van der Waals surface area contributed by atoms with Crippen molar-refractivity contribution in [2.75, 3.05) is 0 Å². The Kier molecular flexibility index (Phi) is 1.53. The molecular weight excluding hydrogens is 114 g/mol. The first-order valence-electron chi connectivity index (χ1n) is 3.46. The predicted octanol–water partition coefficient (Wildman–Crippen LogP) is 1.12. The summed E-state index contributed by atoms with van der Waals surface area (Å²) in [5, 5.41) is 3.28. The Morgan fingerprint density at radius 1 is 1.33 bits per heavy atom. The van der Waals surface area contributed by atoms with Gasteiger partial charge >= 0.3 is 0 Å². The van der Waals surface area contributed by atoms with E-state index in [4.69, 9.17) is 4.74 Å². The molecule has 0 aromatic heterocycles. The first-order valence-corrected chi connectivity index (χ1v) is 3.46. The number of hydrogen-bond donors (Lipinski definition) is 1. The van der Waals surface area contributed by atoms with Crippen LogP contribution in [0.3, 0.4) is 0 Å². The summed E-state index contributed by atoms with van der Waals surface area (Å²) in [5.41, 5.74) is 0.0133. The molecule has 1 aliphatic rings. The van der Waals surface area contributed by atoms with Crippen molar-refractivity contribution in [3.05, 3.63) is 0 Å². The Bertz CT molecular complexity index is 111. The molecule has 0 aliphatic carbocycles. The minimum atomic E-state index is 0.0133. The van der Waals surface area contributed by atoms with Crippen LogP contribution in [-0.2, 0) is 4.74 Å². The summed E-state index contributed by atoms with van der Waals surface area (Å²) in [6, 6.07) is 0.465. The van der Waals surface area contributed by atoms with E-state index in [-0.39, 0.29) is 11.8 Å². The van der Waals surface area contributed by atoms with Crippen molar-refractivity contribution in [3.8, 4) is 0 Å². The third-order valence-corrected chi connectivity index (χ3v) is 2.01. The normalized spacial score (nSPS) is 41.3. The van der Waals surface area contributed by atoms with Gasteiger partial charge < -0.3 is 4.74 Å². The molecule has 2 nitrogen and oxygen atoms in total. The van der Waals surface area contributed by atoms with E-state index in [1.54, 1.807) is 0 Å². The van der Waals surface area contributed by atoms with Crippen LogP contribution < -0.4 is 5.32 Å². The molecule has 2 atom stereocenters. The van der Waals surface area contributed by atoms with Gasteiger partial charge in [0.15, 0.2) is 0 Å². The average Bonchev–Trinajstić information content (AvgIpc) is 1.79. The summed E-state index contributed by atoms with van der Waals surface area (Å²) < 4.78 is 5.55. The number of rotatable bonds is 0. The van der Waals surface area contributed by atoms with Crippen LogP contribution in [0.2, 0.25) is 0 Å². The second-order valence-electron chi connectivity index (χ2n) is 3.25. The lowest BCUT2D eigenvalue weighted by molar-refractivity contribution is -0.0131. The van der Waals surface area contributed by atoms with Gasteiger partial charge in [-0.05, 0) is 27.7 Å².